The molecule has 0 aliphatic carbocycles. The number of carbonyl (C=O) groups is 1. The average molecular weight is 174 g/mol. The first-order valence-corrected chi connectivity index (χ1v) is 4.36. The molecule has 0 aromatic heterocycles. The number of piperidine rings is 1. The van der Waals surface area contributed by atoms with Gasteiger partial charge in [0.1, 0.15) is 0 Å². The first kappa shape index (κ1) is 11.4. The summed E-state index contributed by atoms with van der Waals surface area (Å²) in [6, 6.07) is 0. The van der Waals surface area contributed by atoms with E-state index < -0.39 is 0 Å². The van der Waals surface area contributed by atoms with Crippen LogP contribution in [0.3, 0.4) is 0 Å². The van der Waals surface area contributed by atoms with Crippen LogP contribution in [0.2, 0.25) is 0 Å². The van der Waals surface area contributed by atoms with Crippen LogP contribution in [0.5, 0.6) is 0 Å². The van der Waals surface area contributed by atoms with Gasteiger partial charge in [-0.1, -0.05) is 0 Å². The Hall–Kier alpha value is -0.610. The van der Waals surface area contributed by atoms with Crippen molar-refractivity contribution in [1.82, 2.24) is 4.90 Å². The monoisotopic (exact) mass is 174 g/mol. The zero-order valence-corrected chi connectivity index (χ0v) is 7.66. The normalized spacial score (nSPS) is 16.3. The fraction of sp³-hybridized carbons (Fsp3) is 0.875. The Morgan fingerprint density at radius 2 is 1.92 bits per heavy atom. The standard InChI is InChI=1S/C6H11NO.C2H7NO/c8-6-7-4-2-1-3-5-7;1-2-4-3/h6H,1-5H2;2-3H2,1H3. The summed E-state index contributed by atoms with van der Waals surface area (Å²) in [6.45, 7) is 4.38. The predicted octanol–water partition coefficient (Wildman–Crippen LogP) is 0.525. The molecule has 0 atom stereocenters. The molecule has 0 spiro atoms. The minimum atomic E-state index is 0.597. The summed E-state index contributed by atoms with van der Waals surface area (Å²) in [5.74, 6) is 4.53. The number of nitrogens with zero attached hydrogens (tertiary/aromatic N) is 1. The van der Waals surface area contributed by atoms with Gasteiger partial charge in [-0.2, -0.15) is 0 Å². The van der Waals surface area contributed by atoms with E-state index in [2.05, 4.69) is 10.7 Å². The zero-order chi connectivity index (χ0) is 9.23. The summed E-state index contributed by atoms with van der Waals surface area (Å²) < 4.78 is 0. The highest BCUT2D eigenvalue weighted by Gasteiger charge is 2.05. The van der Waals surface area contributed by atoms with Crippen LogP contribution < -0.4 is 5.90 Å². The highest BCUT2D eigenvalue weighted by Crippen LogP contribution is 2.05. The third-order valence-corrected chi connectivity index (χ3v) is 1.71. The summed E-state index contributed by atoms with van der Waals surface area (Å²) in [5.41, 5.74) is 0. The van der Waals surface area contributed by atoms with E-state index in [4.69, 9.17) is 0 Å². The van der Waals surface area contributed by atoms with Crippen LogP contribution in [-0.4, -0.2) is 31.0 Å². The Morgan fingerprint density at radius 1 is 1.42 bits per heavy atom. The number of carbonyl (C=O) groups excluding carboxylic acids is 1. The van der Waals surface area contributed by atoms with Gasteiger partial charge in [0.25, 0.3) is 0 Å². The van der Waals surface area contributed by atoms with E-state index in [1.807, 2.05) is 11.8 Å². The molecule has 0 aromatic carbocycles. The topological polar surface area (TPSA) is 55.6 Å². The van der Waals surface area contributed by atoms with Gasteiger partial charge < -0.3 is 9.74 Å². The van der Waals surface area contributed by atoms with Gasteiger partial charge >= 0.3 is 0 Å². The van der Waals surface area contributed by atoms with Crippen LogP contribution in [0.15, 0.2) is 0 Å². The summed E-state index contributed by atoms with van der Waals surface area (Å²) in [6.07, 6.45) is 4.63. The van der Waals surface area contributed by atoms with E-state index in [1.165, 1.54) is 19.3 Å². The second-order valence-corrected chi connectivity index (χ2v) is 2.66. The molecular formula is C8H18N2O2. The molecule has 72 valence electrons. The van der Waals surface area contributed by atoms with Gasteiger partial charge in [0.05, 0.1) is 6.61 Å². The van der Waals surface area contributed by atoms with Gasteiger partial charge in [-0.25, -0.2) is 5.90 Å². The Morgan fingerprint density at radius 3 is 2.17 bits per heavy atom. The van der Waals surface area contributed by atoms with Crippen LogP contribution in [0.1, 0.15) is 26.2 Å². The van der Waals surface area contributed by atoms with Gasteiger partial charge in [-0.15, -0.1) is 0 Å². The Balaban J connectivity index is 0.000000261. The lowest BCUT2D eigenvalue weighted by atomic mass is 10.1. The van der Waals surface area contributed by atoms with E-state index in [0.29, 0.717) is 6.61 Å². The number of amides is 1. The summed E-state index contributed by atoms with van der Waals surface area (Å²) in [5, 5.41) is 0. The highest BCUT2D eigenvalue weighted by atomic mass is 16.6. The lowest BCUT2D eigenvalue weighted by molar-refractivity contribution is -0.118. The average Bonchev–Trinajstić information content (AvgIpc) is 2.19. The largest absolute Gasteiger partial charge is 0.345 e. The van der Waals surface area contributed by atoms with E-state index >= 15 is 0 Å². The van der Waals surface area contributed by atoms with Crippen molar-refractivity contribution in [3.63, 3.8) is 0 Å². The number of hydrogen-bond donors (Lipinski definition) is 1. The molecule has 1 fully saturated rings. The summed E-state index contributed by atoms with van der Waals surface area (Å²) >= 11 is 0. The molecule has 0 aromatic rings. The lowest BCUT2D eigenvalue weighted by Crippen LogP contribution is -2.27. The number of rotatable bonds is 2. The second-order valence-electron chi connectivity index (χ2n) is 2.66. The summed E-state index contributed by atoms with van der Waals surface area (Å²) in [4.78, 5) is 16.0. The van der Waals surface area contributed by atoms with E-state index in [0.717, 1.165) is 19.5 Å². The number of hydrogen-bond acceptors (Lipinski definition) is 3. The second kappa shape index (κ2) is 8.49. The maximum Gasteiger partial charge on any atom is 0.209 e. The zero-order valence-electron chi connectivity index (χ0n) is 7.66. The molecule has 1 amide bonds. The molecule has 1 aliphatic rings. The van der Waals surface area contributed by atoms with Crippen LogP contribution >= 0.6 is 0 Å². The van der Waals surface area contributed by atoms with Crippen molar-refractivity contribution in [3.05, 3.63) is 0 Å². The minimum absolute atomic E-state index is 0.597. The number of nitrogens with two attached hydrogens (primary N) is 1. The molecule has 1 heterocycles. The molecule has 1 aliphatic heterocycles. The Kier molecular flexibility index (Phi) is 8.05. The highest BCUT2D eigenvalue weighted by molar-refractivity contribution is 5.46. The van der Waals surface area contributed by atoms with Gasteiger partial charge in [-0.05, 0) is 26.2 Å². The fourth-order valence-corrected chi connectivity index (χ4v) is 1.02. The van der Waals surface area contributed by atoms with Gasteiger partial charge in [0.15, 0.2) is 0 Å². The van der Waals surface area contributed by atoms with Crippen LogP contribution in [0, 0.1) is 0 Å². The molecule has 0 radical (unpaired) electrons. The van der Waals surface area contributed by atoms with Crippen molar-refractivity contribution in [2.24, 2.45) is 5.90 Å². The van der Waals surface area contributed by atoms with Crippen LogP contribution in [0.25, 0.3) is 0 Å². The van der Waals surface area contributed by atoms with Crippen molar-refractivity contribution < 1.29 is 9.63 Å². The van der Waals surface area contributed by atoms with Crippen molar-refractivity contribution >= 4 is 6.41 Å². The maximum absolute atomic E-state index is 10.1. The quantitative estimate of drug-likeness (QED) is 0.490. The molecular weight excluding hydrogens is 156 g/mol. The predicted molar refractivity (Wildman–Crippen MR) is 47.3 cm³/mol. The van der Waals surface area contributed by atoms with Crippen LogP contribution in [0.4, 0.5) is 0 Å². The maximum atomic E-state index is 10.1. The molecule has 4 heteroatoms. The minimum Gasteiger partial charge on any atom is -0.345 e. The SMILES string of the molecule is CCON.O=CN1CCCCC1. The molecule has 0 unspecified atom stereocenters. The molecule has 0 saturated carbocycles. The third-order valence-electron chi connectivity index (χ3n) is 1.71. The lowest BCUT2D eigenvalue weighted by Gasteiger charge is -2.21. The van der Waals surface area contributed by atoms with Crippen molar-refractivity contribution in [3.8, 4) is 0 Å². The molecule has 12 heavy (non-hydrogen) atoms. The molecule has 2 N–H and O–H groups in total. The fourth-order valence-electron chi connectivity index (χ4n) is 1.02. The molecule has 0 bridgehead atoms. The third kappa shape index (κ3) is 6.12. The molecule has 4 nitrogen and oxygen atoms in total. The van der Waals surface area contributed by atoms with Crippen molar-refractivity contribution in [1.29, 1.82) is 0 Å². The van der Waals surface area contributed by atoms with E-state index in [1.54, 1.807) is 0 Å². The Bertz CT molecular complexity index is 101. The van der Waals surface area contributed by atoms with Gasteiger partial charge in [-0.3, -0.25) is 4.79 Å². The van der Waals surface area contributed by atoms with Gasteiger partial charge in [0.2, 0.25) is 6.41 Å². The molecule has 1 rings (SSSR count). The first-order chi connectivity index (χ1) is 5.85. The molecule has 1 saturated heterocycles. The van der Waals surface area contributed by atoms with E-state index in [-0.39, 0.29) is 0 Å². The van der Waals surface area contributed by atoms with Crippen LogP contribution in [-0.2, 0) is 9.63 Å². The Labute approximate surface area is 73.6 Å². The van der Waals surface area contributed by atoms with Gasteiger partial charge in [0, 0.05) is 13.1 Å². The first-order valence-electron chi connectivity index (χ1n) is 4.36. The smallest absolute Gasteiger partial charge is 0.209 e. The van der Waals surface area contributed by atoms with Crippen molar-refractivity contribution in [2.45, 2.75) is 26.2 Å². The van der Waals surface area contributed by atoms with Crippen molar-refractivity contribution in [2.75, 3.05) is 19.7 Å². The van der Waals surface area contributed by atoms with E-state index in [9.17, 15) is 4.79 Å². The number of likely N-dealkylation sites (tertiary alicyclic amines) is 1. The summed E-state index contributed by atoms with van der Waals surface area (Å²) in [7, 11) is 0.